The van der Waals surface area contributed by atoms with Crippen molar-refractivity contribution >= 4 is 10.0 Å². The molecule has 1 heterocycles. The molecule has 0 bridgehead atoms. The smallest absolute Gasteiger partial charge is 0.244 e. The first kappa shape index (κ1) is 12.2. The quantitative estimate of drug-likeness (QED) is 0.805. The van der Waals surface area contributed by atoms with Crippen LogP contribution in [0.2, 0.25) is 0 Å². The van der Waals surface area contributed by atoms with Crippen LogP contribution in [0.3, 0.4) is 0 Å². The minimum Gasteiger partial charge on any atom is -0.462 e. The highest BCUT2D eigenvalue weighted by atomic mass is 32.2. The maximum Gasteiger partial charge on any atom is 0.244 e. The molecule has 0 radical (unpaired) electrons. The molecule has 0 fully saturated rings. The minimum absolute atomic E-state index is 0.0836. The summed E-state index contributed by atoms with van der Waals surface area (Å²) in [5, 5.41) is 8.81. The van der Waals surface area contributed by atoms with Crippen LogP contribution in [0, 0.1) is 6.92 Å². The first-order valence-corrected chi connectivity index (χ1v) is 6.07. The highest BCUT2D eigenvalue weighted by molar-refractivity contribution is 7.89. The zero-order chi connectivity index (χ0) is 11.6. The number of hydrogen-bond donors (Lipinski definition) is 2. The lowest BCUT2D eigenvalue weighted by atomic mass is 10.4. The summed E-state index contributed by atoms with van der Waals surface area (Å²) in [6.45, 7) is 4.71. The fourth-order valence-electron chi connectivity index (χ4n) is 1.24. The van der Waals surface area contributed by atoms with Crippen LogP contribution in [0.4, 0.5) is 0 Å². The Morgan fingerprint density at radius 3 is 2.53 bits per heavy atom. The number of aliphatic hydroxyl groups excluding tert-OH is 1. The van der Waals surface area contributed by atoms with Crippen LogP contribution >= 0.6 is 0 Å². The second-order valence-electron chi connectivity index (χ2n) is 3.57. The molecule has 0 aliphatic rings. The zero-order valence-electron chi connectivity index (χ0n) is 8.94. The van der Waals surface area contributed by atoms with E-state index in [1.54, 1.807) is 20.8 Å². The normalized spacial score (nSPS) is 12.3. The summed E-state index contributed by atoms with van der Waals surface area (Å²) in [6, 6.07) is 1.15. The number of sulfonamides is 1. The molecule has 1 aromatic heterocycles. The van der Waals surface area contributed by atoms with Crippen LogP contribution in [-0.4, -0.2) is 19.6 Å². The Bertz CT molecular complexity index is 433. The number of furan rings is 1. The Morgan fingerprint density at radius 1 is 1.53 bits per heavy atom. The molecule has 6 heteroatoms. The maximum absolute atomic E-state index is 11.7. The van der Waals surface area contributed by atoms with Gasteiger partial charge >= 0.3 is 0 Å². The van der Waals surface area contributed by atoms with E-state index in [0.717, 1.165) is 0 Å². The van der Waals surface area contributed by atoms with E-state index < -0.39 is 10.0 Å². The van der Waals surface area contributed by atoms with Crippen molar-refractivity contribution in [2.45, 2.75) is 38.3 Å². The van der Waals surface area contributed by atoms with Crippen molar-refractivity contribution in [3.63, 3.8) is 0 Å². The molecule has 1 aromatic rings. The Balaban J connectivity index is 3.09. The molecule has 0 unspecified atom stereocenters. The van der Waals surface area contributed by atoms with E-state index in [9.17, 15) is 8.42 Å². The predicted molar refractivity (Wildman–Crippen MR) is 54.8 cm³/mol. The van der Waals surface area contributed by atoms with E-state index >= 15 is 0 Å². The van der Waals surface area contributed by atoms with Gasteiger partial charge in [0, 0.05) is 12.1 Å². The summed E-state index contributed by atoms with van der Waals surface area (Å²) in [6.07, 6.45) is 0. The highest BCUT2D eigenvalue weighted by Crippen LogP contribution is 2.19. The highest BCUT2D eigenvalue weighted by Gasteiger charge is 2.21. The van der Waals surface area contributed by atoms with Gasteiger partial charge in [-0.2, -0.15) is 0 Å². The van der Waals surface area contributed by atoms with E-state index in [1.165, 1.54) is 6.07 Å². The molecule has 0 aliphatic carbocycles. The van der Waals surface area contributed by atoms with Crippen molar-refractivity contribution < 1.29 is 17.9 Å². The number of rotatable bonds is 4. The molecule has 15 heavy (non-hydrogen) atoms. The van der Waals surface area contributed by atoms with Gasteiger partial charge in [-0.3, -0.25) is 0 Å². The molecule has 1 rings (SSSR count). The van der Waals surface area contributed by atoms with Gasteiger partial charge in [-0.05, 0) is 20.8 Å². The molecule has 0 saturated heterocycles. The van der Waals surface area contributed by atoms with Gasteiger partial charge < -0.3 is 9.52 Å². The lowest BCUT2D eigenvalue weighted by Gasteiger charge is -2.07. The summed E-state index contributed by atoms with van der Waals surface area (Å²) in [7, 11) is -3.53. The van der Waals surface area contributed by atoms with E-state index in [1.807, 2.05) is 0 Å². The van der Waals surface area contributed by atoms with Crippen LogP contribution in [0.15, 0.2) is 15.4 Å². The molecule has 86 valence electrons. The molecule has 5 nitrogen and oxygen atoms in total. The third kappa shape index (κ3) is 2.80. The monoisotopic (exact) mass is 233 g/mol. The molecule has 0 amide bonds. The second-order valence-corrected chi connectivity index (χ2v) is 5.25. The molecular formula is C9H15NO4S. The number of hydrogen-bond acceptors (Lipinski definition) is 4. The molecule has 0 spiro atoms. The van der Waals surface area contributed by atoms with Crippen LogP contribution in [0.5, 0.6) is 0 Å². The van der Waals surface area contributed by atoms with Crippen LogP contribution in [0.25, 0.3) is 0 Å². The average Bonchev–Trinajstić information content (AvgIpc) is 2.45. The van der Waals surface area contributed by atoms with Crippen LogP contribution < -0.4 is 4.72 Å². The van der Waals surface area contributed by atoms with Crippen molar-refractivity contribution in [3.8, 4) is 0 Å². The number of nitrogens with one attached hydrogen (secondary N) is 1. The van der Waals surface area contributed by atoms with Crippen molar-refractivity contribution in [1.29, 1.82) is 0 Å². The van der Waals surface area contributed by atoms with Crippen LogP contribution in [-0.2, 0) is 16.6 Å². The Kier molecular flexibility index (Phi) is 3.54. The standard InChI is InChI=1S/C9H15NO4S/c1-6(2)10-15(12,13)9-4-8(5-11)14-7(9)3/h4,6,10-11H,5H2,1-3H3. The van der Waals surface area contributed by atoms with Crippen molar-refractivity contribution in [2.75, 3.05) is 0 Å². The van der Waals surface area contributed by atoms with E-state index in [4.69, 9.17) is 9.52 Å². The van der Waals surface area contributed by atoms with Gasteiger partial charge in [0.05, 0.1) is 0 Å². The molecule has 0 saturated carbocycles. The molecule has 2 N–H and O–H groups in total. The Hall–Kier alpha value is -0.850. The molecular weight excluding hydrogens is 218 g/mol. The van der Waals surface area contributed by atoms with Gasteiger partial charge in [0.25, 0.3) is 0 Å². The van der Waals surface area contributed by atoms with E-state index in [-0.39, 0.29) is 29.1 Å². The summed E-state index contributed by atoms with van der Waals surface area (Å²) in [5.41, 5.74) is 0. The topological polar surface area (TPSA) is 79.5 Å². The van der Waals surface area contributed by atoms with E-state index in [2.05, 4.69) is 4.72 Å². The lowest BCUT2D eigenvalue weighted by molar-refractivity contribution is 0.244. The fraction of sp³-hybridized carbons (Fsp3) is 0.556. The van der Waals surface area contributed by atoms with Gasteiger partial charge in [0.15, 0.2) is 0 Å². The van der Waals surface area contributed by atoms with Gasteiger partial charge in [-0.25, -0.2) is 13.1 Å². The maximum atomic E-state index is 11.7. The summed E-state index contributed by atoms with van der Waals surface area (Å²) in [5.74, 6) is 0.531. The number of aryl methyl sites for hydroxylation is 1. The largest absolute Gasteiger partial charge is 0.462 e. The third-order valence-corrected chi connectivity index (χ3v) is 3.53. The molecule has 0 aliphatic heterocycles. The summed E-state index contributed by atoms with van der Waals surface area (Å²) < 4.78 is 31.0. The van der Waals surface area contributed by atoms with Gasteiger partial charge in [-0.15, -0.1) is 0 Å². The zero-order valence-corrected chi connectivity index (χ0v) is 9.76. The van der Waals surface area contributed by atoms with Crippen molar-refractivity contribution in [1.82, 2.24) is 4.72 Å². The van der Waals surface area contributed by atoms with Crippen molar-refractivity contribution in [3.05, 3.63) is 17.6 Å². The average molecular weight is 233 g/mol. The van der Waals surface area contributed by atoms with E-state index in [0.29, 0.717) is 0 Å². The Morgan fingerprint density at radius 2 is 2.13 bits per heavy atom. The van der Waals surface area contributed by atoms with Crippen LogP contribution in [0.1, 0.15) is 25.4 Å². The lowest BCUT2D eigenvalue weighted by Crippen LogP contribution is -2.30. The first-order valence-electron chi connectivity index (χ1n) is 4.59. The number of aliphatic hydroxyl groups is 1. The van der Waals surface area contributed by atoms with Gasteiger partial charge in [-0.1, -0.05) is 0 Å². The fourth-order valence-corrected chi connectivity index (χ4v) is 2.70. The second kappa shape index (κ2) is 4.34. The predicted octanol–water partition coefficient (Wildman–Crippen LogP) is 0.767. The minimum atomic E-state index is -3.53. The SMILES string of the molecule is Cc1oc(CO)cc1S(=O)(=O)NC(C)C. The van der Waals surface area contributed by atoms with Gasteiger partial charge in [0.2, 0.25) is 10.0 Å². The summed E-state index contributed by atoms with van der Waals surface area (Å²) >= 11 is 0. The summed E-state index contributed by atoms with van der Waals surface area (Å²) in [4.78, 5) is 0.0836. The first-order chi connectivity index (χ1) is 6.86. The molecule has 0 aromatic carbocycles. The molecule has 0 atom stereocenters. The third-order valence-electron chi connectivity index (χ3n) is 1.76. The van der Waals surface area contributed by atoms with Crippen molar-refractivity contribution in [2.24, 2.45) is 0 Å². The Labute approximate surface area is 89.2 Å². The van der Waals surface area contributed by atoms with Gasteiger partial charge in [0.1, 0.15) is 23.0 Å².